The largest absolute Gasteiger partial charge is 0.373 e. The molecule has 1 spiro atoms. The molecule has 23 heavy (non-hydrogen) atoms. The van der Waals surface area contributed by atoms with Crippen LogP contribution < -0.4 is 5.48 Å². The molecule has 1 N–H and O–H groups in total. The van der Waals surface area contributed by atoms with Gasteiger partial charge in [-0.15, -0.1) is 0 Å². The Bertz CT molecular complexity index is 850. The van der Waals surface area contributed by atoms with Crippen molar-refractivity contribution in [2.24, 2.45) is 0 Å². The molecule has 4 rings (SSSR count). The molecule has 0 saturated carbocycles. The fraction of sp³-hybridized carbons (Fsp3) is 0.158. The summed E-state index contributed by atoms with van der Waals surface area (Å²) in [6.07, 6.45) is 1.99. The monoisotopic (exact) mass is 323 g/mol. The fourth-order valence-corrected chi connectivity index (χ4v) is 3.05. The number of benzene rings is 2. The fourth-order valence-electron chi connectivity index (χ4n) is 2.86. The summed E-state index contributed by atoms with van der Waals surface area (Å²) in [7, 11) is 0. The minimum atomic E-state index is -0.604. The first-order chi connectivity index (χ1) is 11.3. The van der Waals surface area contributed by atoms with E-state index in [-0.39, 0.29) is 0 Å². The Balaban J connectivity index is 1.66. The molecule has 2 aromatic rings. The van der Waals surface area contributed by atoms with Gasteiger partial charge >= 0.3 is 0 Å². The zero-order chi connectivity index (χ0) is 15.7. The van der Waals surface area contributed by atoms with Crippen LogP contribution in [0.2, 0.25) is 5.02 Å². The minimum absolute atomic E-state index is 0.472. The number of hydrogen-bond donors (Lipinski definition) is 1. The van der Waals surface area contributed by atoms with Gasteiger partial charge in [-0.25, -0.2) is 0 Å². The number of hydrogen-bond acceptors (Lipinski definition) is 3. The second-order valence-corrected chi connectivity index (χ2v) is 6.00. The van der Waals surface area contributed by atoms with Gasteiger partial charge in [0.2, 0.25) is 0 Å². The first-order valence-corrected chi connectivity index (χ1v) is 7.74. The van der Waals surface area contributed by atoms with E-state index in [0.29, 0.717) is 18.2 Å². The molecule has 2 aromatic carbocycles. The number of nitrogens with one attached hydrogen (secondary N) is 1. The van der Waals surface area contributed by atoms with Crippen molar-refractivity contribution in [2.75, 3.05) is 6.61 Å². The summed E-state index contributed by atoms with van der Waals surface area (Å²) in [4.78, 5) is 5.84. The third-order valence-electron chi connectivity index (χ3n) is 3.93. The molecule has 0 aromatic heterocycles. The minimum Gasteiger partial charge on any atom is -0.373 e. The molecule has 1 atom stereocenters. The highest BCUT2D eigenvalue weighted by Gasteiger charge is 2.41. The van der Waals surface area contributed by atoms with Crippen molar-refractivity contribution in [2.45, 2.75) is 12.2 Å². The molecule has 4 heteroatoms. The van der Waals surface area contributed by atoms with Crippen LogP contribution in [0.3, 0.4) is 0 Å². The number of ether oxygens (including phenoxy) is 1. The summed E-state index contributed by atoms with van der Waals surface area (Å²) in [5.41, 5.74) is 6.17. The van der Waals surface area contributed by atoms with Gasteiger partial charge in [0, 0.05) is 10.6 Å². The Labute approximate surface area is 139 Å². The highest BCUT2D eigenvalue weighted by atomic mass is 35.5. The Kier molecular flexibility index (Phi) is 3.59. The molecule has 0 amide bonds. The Morgan fingerprint density at radius 3 is 2.91 bits per heavy atom. The molecule has 2 heterocycles. The van der Waals surface area contributed by atoms with Gasteiger partial charge < -0.3 is 4.74 Å². The van der Waals surface area contributed by atoms with E-state index >= 15 is 0 Å². The average molecular weight is 324 g/mol. The second kappa shape index (κ2) is 5.75. The van der Waals surface area contributed by atoms with Gasteiger partial charge in [-0.05, 0) is 41.3 Å². The maximum absolute atomic E-state index is 5.97. The van der Waals surface area contributed by atoms with Gasteiger partial charge in [-0.3, -0.25) is 10.3 Å². The third-order valence-corrected chi connectivity index (χ3v) is 4.17. The maximum atomic E-state index is 5.97. The zero-order valence-corrected chi connectivity index (χ0v) is 13.1. The highest BCUT2D eigenvalue weighted by Crippen LogP contribution is 2.37. The van der Waals surface area contributed by atoms with Gasteiger partial charge in [-0.1, -0.05) is 47.9 Å². The predicted molar refractivity (Wildman–Crippen MR) is 88.4 cm³/mol. The van der Waals surface area contributed by atoms with Gasteiger partial charge in [0.1, 0.15) is 5.70 Å². The molecular weight excluding hydrogens is 310 g/mol. The van der Waals surface area contributed by atoms with Crippen molar-refractivity contribution in [1.29, 1.82) is 0 Å². The van der Waals surface area contributed by atoms with Crippen molar-refractivity contribution < 1.29 is 9.57 Å². The lowest BCUT2D eigenvalue weighted by molar-refractivity contribution is -0.107. The topological polar surface area (TPSA) is 30.5 Å². The van der Waals surface area contributed by atoms with E-state index in [0.717, 1.165) is 22.4 Å². The summed E-state index contributed by atoms with van der Waals surface area (Å²) >= 11 is 5.97. The first kappa shape index (κ1) is 14.3. The molecule has 114 valence electrons. The van der Waals surface area contributed by atoms with Crippen molar-refractivity contribution in [3.8, 4) is 11.8 Å². The normalized spacial score (nSPS) is 21.9. The van der Waals surface area contributed by atoms with E-state index < -0.39 is 5.60 Å². The van der Waals surface area contributed by atoms with Crippen LogP contribution in [0.25, 0.3) is 0 Å². The van der Waals surface area contributed by atoms with Crippen molar-refractivity contribution in [3.05, 3.63) is 82.0 Å². The van der Waals surface area contributed by atoms with Crippen LogP contribution in [-0.2, 0) is 21.8 Å². The number of fused-ring (bicyclic) bond motifs is 2. The Hall–Kier alpha value is -2.25. The lowest BCUT2D eigenvalue weighted by Crippen LogP contribution is -2.36. The molecule has 0 aliphatic carbocycles. The molecule has 3 nitrogen and oxygen atoms in total. The third kappa shape index (κ3) is 2.73. The number of hydroxylamine groups is 1. The van der Waals surface area contributed by atoms with Crippen LogP contribution in [0.15, 0.2) is 60.3 Å². The van der Waals surface area contributed by atoms with Gasteiger partial charge in [0.05, 0.1) is 13.2 Å². The Morgan fingerprint density at radius 2 is 2.00 bits per heavy atom. The summed E-state index contributed by atoms with van der Waals surface area (Å²) in [6.45, 7) is 1.08. The number of rotatable bonds is 0. The summed E-state index contributed by atoms with van der Waals surface area (Å²) in [6, 6.07) is 15.6. The zero-order valence-electron chi connectivity index (χ0n) is 12.3. The van der Waals surface area contributed by atoms with Gasteiger partial charge in [0.15, 0.2) is 5.60 Å². The molecule has 0 saturated heterocycles. The predicted octanol–water partition coefficient (Wildman–Crippen LogP) is 3.54. The first-order valence-electron chi connectivity index (χ1n) is 7.36. The molecule has 1 unspecified atom stereocenters. The van der Waals surface area contributed by atoms with E-state index in [2.05, 4.69) is 29.5 Å². The summed E-state index contributed by atoms with van der Waals surface area (Å²) in [5, 5.41) is 0.674. The molecular formula is C19H14ClNO2. The molecule has 2 aliphatic heterocycles. The lowest BCUT2D eigenvalue weighted by atomic mass is 9.88. The standard InChI is InChI=1S/C19H14ClNO2/c20-16-6-3-4-14(10-16)8-9-17-11-19(23-21-17)13-22-12-15-5-1-2-7-18(15)19/h1-7,10-11,21H,12-13H2. The smallest absolute Gasteiger partial charge is 0.165 e. The Morgan fingerprint density at radius 1 is 1.09 bits per heavy atom. The molecule has 0 radical (unpaired) electrons. The van der Waals surface area contributed by atoms with E-state index in [4.69, 9.17) is 21.2 Å². The van der Waals surface area contributed by atoms with E-state index in [1.807, 2.05) is 42.5 Å². The number of halogens is 1. The average Bonchev–Trinajstić information content (AvgIpc) is 2.97. The molecule has 0 fully saturated rings. The van der Waals surface area contributed by atoms with Crippen LogP contribution in [-0.4, -0.2) is 6.61 Å². The molecule has 2 aliphatic rings. The van der Waals surface area contributed by atoms with E-state index in [1.54, 1.807) is 0 Å². The van der Waals surface area contributed by atoms with Crippen LogP contribution in [0, 0.1) is 11.8 Å². The SMILES string of the molecule is Clc1cccc(C#CC2=CC3(COCc4ccccc43)ON2)c1. The van der Waals surface area contributed by atoms with E-state index in [1.165, 1.54) is 0 Å². The van der Waals surface area contributed by atoms with Gasteiger partial charge in [0.25, 0.3) is 0 Å². The van der Waals surface area contributed by atoms with Crippen LogP contribution >= 0.6 is 11.6 Å². The highest BCUT2D eigenvalue weighted by molar-refractivity contribution is 6.30. The van der Waals surface area contributed by atoms with Gasteiger partial charge in [-0.2, -0.15) is 0 Å². The maximum Gasteiger partial charge on any atom is 0.165 e. The van der Waals surface area contributed by atoms with Crippen molar-refractivity contribution >= 4 is 11.6 Å². The van der Waals surface area contributed by atoms with Crippen molar-refractivity contribution in [1.82, 2.24) is 5.48 Å². The van der Waals surface area contributed by atoms with Crippen LogP contribution in [0.5, 0.6) is 0 Å². The van der Waals surface area contributed by atoms with Crippen LogP contribution in [0.1, 0.15) is 16.7 Å². The van der Waals surface area contributed by atoms with Crippen LogP contribution in [0.4, 0.5) is 0 Å². The second-order valence-electron chi connectivity index (χ2n) is 5.56. The van der Waals surface area contributed by atoms with E-state index in [9.17, 15) is 0 Å². The summed E-state index contributed by atoms with van der Waals surface area (Å²) < 4.78 is 5.69. The molecule has 0 bridgehead atoms. The quantitative estimate of drug-likeness (QED) is 0.752. The number of allylic oxidation sites excluding steroid dienone is 1. The summed E-state index contributed by atoms with van der Waals surface area (Å²) in [5.74, 6) is 6.18. The van der Waals surface area contributed by atoms with Crippen molar-refractivity contribution in [3.63, 3.8) is 0 Å². The lowest BCUT2D eigenvalue weighted by Gasteiger charge is -2.32.